The Balaban J connectivity index is 1.29. The van der Waals surface area contributed by atoms with Crippen LogP contribution in [0.2, 0.25) is 0 Å². The first-order valence-electron chi connectivity index (χ1n) is 15.0. The summed E-state index contributed by atoms with van der Waals surface area (Å²) in [4.78, 5) is 54.5. The van der Waals surface area contributed by atoms with Crippen molar-refractivity contribution >= 4 is 52.8 Å². The number of nitrogens with zero attached hydrogens (tertiary/aromatic N) is 1. The van der Waals surface area contributed by atoms with Crippen LogP contribution >= 0.6 is 11.8 Å². The van der Waals surface area contributed by atoms with Gasteiger partial charge in [-0.05, 0) is 83.8 Å². The number of methoxy groups -OCH3 is 2. The summed E-state index contributed by atoms with van der Waals surface area (Å²) in [5.74, 6) is -0.135. The number of amides is 4. The molecule has 1 aliphatic heterocycles. The first kappa shape index (κ1) is 33.0. The maximum absolute atomic E-state index is 13.5. The summed E-state index contributed by atoms with van der Waals surface area (Å²) >= 11 is 1.30. The van der Waals surface area contributed by atoms with Crippen molar-refractivity contribution < 1.29 is 28.7 Å². The van der Waals surface area contributed by atoms with E-state index in [1.54, 1.807) is 78.9 Å². The van der Waals surface area contributed by atoms with Crippen LogP contribution < -0.4 is 25.0 Å². The number of carbonyl (C=O) groups excluding carboxylic acids is 4. The lowest BCUT2D eigenvalue weighted by Gasteiger charge is -2.16. The molecule has 1 atom stereocenters. The molecule has 10 heteroatoms. The lowest BCUT2D eigenvalue weighted by atomic mass is 10.0. The Morgan fingerprint density at radius 1 is 0.872 bits per heavy atom. The number of anilines is 2. The van der Waals surface area contributed by atoms with Crippen LogP contribution in [0.4, 0.5) is 11.4 Å². The third-order valence-electron chi connectivity index (χ3n) is 7.56. The molecular formula is C37H35N3O6S. The fraction of sp³-hybridized carbons (Fsp3) is 0.189. The Bertz CT molecular complexity index is 1800. The molecule has 0 spiro atoms. The van der Waals surface area contributed by atoms with Crippen molar-refractivity contribution in [3.63, 3.8) is 0 Å². The van der Waals surface area contributed by atoms with Crippen LogP contribution in [0, 0.1) is 0 Å². The van der Waals surface area contributed by atoms with E-state index >= 15 is 0 Å². The van der Waals surface area contributed by atoms with E-state index in [1.807, 2.05) is 24.3 Å². The van der Waals surface area contributed by atoms with Gasteiger partial charge in [0.05, 0.1) is 25.2 Å². The van der Waals surface area contributed by atoms with Gasteiger partial charge in [-0.2, -0.15) is 0 Å². The summed E-state index contributed by atoms with van der Waals surface area (Å²) in [5.41, 5.74) is 3.20. The predicted molar refractivity (Wildman–Crippen MR) is 184 cm³/mol. The van der Waals surface area contributed by atoms with E-state index in [9.17, 15) is 19.2 Å². The highest BCUT2D eigenvalue weighted by atomic mass is 32.2. The van der Waals surface area contributed by atoms with E-state index < -0.39 is 17.1 Å². The molecule has 1 heterocycles. The number of thioether (sulfide) groups is 1. The van der Waals surface area contributed by atoms with E-state index in [0.717, 1.165) is 10.5 Å². The Morgan fingerprint density at radius 3 is 2.19 bits per heavy atom. The maximum Gasteiger partial charge on any atom is 0.272 e. The van der Waals surface area contributed by atoms with Gasteiger partial charge in [-0.3, -0.25) is 19.2 Å². The molecular weight excluding hydrogens is 614 g/mol. The van der Waals surface area contributed by atoms with E-state index in [2.05, 4.69) is 24.5 Å². The highest BCUT2D eigenvalue weighted by Crippen LogP contribution is 2.35. The van der Waals surface area contributed by atoms with E-state index in [-0.39, 0.29) is 23.9 Å². The normalized spacial score (nSPS) is 14.7. The highest BCUT2D eigenvalue weighted by Gasteiger charge is 2.40. The van der Waals surface area contributed by atoms with Gasteiger partial charge in [-0.25, -0.2) is 4.90 Å². The molecule has 0 saturated carbocycles. The molecule has 9 nitrogen and oxygen atoms in total. The van der Waals surface area contributed by atoms with Crippen LogP contribution in [-0.2, 0) is 14.4 Å². The third kappa shape index (κ3) is 7.90. The first-order chi connectivity index (χ1) is 22.7. The third-order valence-corrected chi connectivity index (χ3v) is 8.76. The summed E-state index contributed by atoms with van der Waals surface area (Å²) in [7, 11) is 3.04. The minimum Gasteiger partial charge on any atom is -0.493 e. The fourth-order valence-electron chi connectivity index (χ4n) is 5.01. The molecule has 0 aromatic heterocycles. The number of hydrogen-bond acceptors (Lipinski definition) is 7. The van der Waals surface area contributed by atoms with Gasteiger partial charge in [-0.15, -0.1) is 11.8 Å². The monoisotopic (exact) mass is 649 g/mol. The molecule has 47 heavy (non-hydrogen) atoms. The molecule has 0 aliphatic carbocycles. The standard InChI is InChI=1S/C37H35N3O6S/c1-23(2)25-11-15-28(16-12-25)40-34(41)22-33(37(40)44)47-29-17-13-27(14-18-29)38-36(43)30(39-35(42)26-8-6-5-7-9-26)20-24-10-19-31(45-3)32(21-24)46-4/h5-21,23,33H,22H2,1-4H3,(H,38,43)(H,39,42)/b30-20-. The van der Waals surface area contributed by atoms with Gasteiger partial charge in [0, 0.05) is 22.6 Å². The van der Waals surface area contributed by atoms with Crippen LogP contribution in [0.3, 0.4) is 0 Å². The molecule has 4 aromatic rings. The second-order valence-corrected chi connectivity index (χ2v) is 12.4. The average Bonchev–Trinajstić information content (AvgIpc) is 3.36. The molecule has 1 saturated heterocycles. The van der Waals surface area contributed by atoms with Crippen molar-refractivity contribution in [3.05, 3.63) is 119 Å². The largest absolute Gasteiger partial charge is 0.493 e. The second-order valence-electron chi connectivity index (χ2n) is 11.1. The molecule has 4 amide bonds. The Kier molecular flexibility index (Phi) is 10.4. The van der Waals surface area contributed by atoms with Crippen molar-refractivity contribution in [2.24, 2.45) is 0 Å². The fourth-order valence-corrected chi connectivity index (χ4v) is 6.06. The Hall–Kier alpha value is -5.35. The van der Waals surface area contributed by atoms with Crippen LogP contribution in [0.25, 0.3) is 6.08 Å². The molecule has 2 N–H and O–H groups in total. The van der Waals surface area contributed by atoms with Crippen LogP contribution in [-0.4, -0.2) is 43.1 Å². The molecule has 0 bridgehead atoms. The zero-order valence-electron chi connectivity index (χ0n) is 26.5. The van der Waals surface area contributed by atoms with Crippen molar-refractivity contribution in [1.29, 1.82) is 0 Å². The highest BCUT2D eigenvalue weighted by molar-refractivity contribution is 8.00. The number of ether oxygens (including phenoxy) is 2. The lowest BCUT2D eigenvalue weighted by molar-refractivity contribution is -0.121. The van der Waals surface area contributed by atoms with Crippen molar-refractivity contribution in [2.45, 2.75) is 36.3 Å². The average molecular weight is 650 g/mol. The molecule has 1 fully saturated rings. The maximum atomic E-state index is 13.5. The summed E-state index contributed by atoms with van der Waals surface area (Å²) < 4.78 is 10.7. The first-order valence-corrected chi connectivity index (χ1v) is 15.9. The lowest BCUT2D eigenvalue weighted by Crippen LogP contribution is -2.31. The van der Waals surface area contributed by atoms with Crippen LogP contribution in [0.15, 0.2) is 108 Å². The smallest absolute Gasteiger partial charge is 0.272 e. The Morgan fingerprint density at radius 2 is 1.55 bits per heavy atom. The summed E-state index contributed by atoms with van der Waals surface area (Å²) in [6, 6.07) is 28.2. The second kappa shape index (κ2) is 14.8. The number of hydrogen-bond donors (Lipinski definition) is 2. The predicted octanol–water partition coefficient (Wildman–Crippen LogP) is 6.66. The number of nitrogens with one attached hydrogen (secondary N) is 2. The number of carbonyl (C=O) groups is 4. The van der Waals surface area contributed by atoms with Gasteiger partial charge in [0.25, 0.3) is 11.8 Å². The van der Waals surface area contributed by atoms with Gasteiger partial charge in [0.2, 0.25) is 11.8 Å². The minimum absolute atomic E-state index is 0.0149. The van der Waals surface area contributed by atoms with Crippen molar-refractivity contribution in [2.75, 3.05) is 24.4 Å². The van der Waals surface area contributed by atoms with Gasteiger partial charge in [0.1, 0.15) is 5.70 Å². The summed E-state index contributed by atoms with van der Waals surface area (Å²) in [6.07, 6.45) is 1.65. The molecule has 240 valence electrons. The Labute approximate surface area is 278 Å². The molecule has 4 aromatic carbocycles. The van der Waals surface area contributed by atoms with E-state index in [1.165, 1.54) is 30.9 Å². The topological polar surface area (TPSA) is 114 Å². The summed E-state index contributed by atoms with van der Waals surface area (Å²) in [5, 5.41) is 5.00. The van der Waals surface area contributed by atoms with Crippen molar-refractivity contribution in [3.8, 4) is 11.5 Å². The van der Waals surface area contributed by atoms with Gasteiger partial charge < -0.3 is 20.1 Å². The SMILES string of the molecule is COc1ccc(/C=C(\NC(=O)c2ccccc2)C(=O)Nc2ccc(SC3CC(=O)N(c4ccc(C(C)C)cc4)C3=O)cc2)cc1OC. The van der Waals surface area contributed by atoms with Gasteiger partial charge in [-0.1, -0.05) is 50.2 Å². The van der Waals surface area contributed by atoms with Crippen LogP contribution in [0.5, 0.6) is 11.5 Å². The quantitative estimate of drug-likeness (QED) is 0.138. The zero-order chi connectivity index (χ0) is 33.5. The summed E-state index contributed by atoms with van der Waals surface area (Å²) in [6.45, 7) is 4.18. The van der Waals surface area contributed by atoms with E-state index in [4.69, 9.17) is 9.47 Å². The zero-order valence-corrected chi connectivity index (χ0v) is 27.3. The number of rotatable bonds is 11. The molecule has 0 radical (unpaired) electrons. The number of benzene rings is 4. The van der Waals surface area contributed by atoms with Crippen LogP contribution in [0.1, 0.15) is 47.7 Å². The number of imide groups is 1. The minimum atomic E-state index is -0.558. The molecule has 1 unspecified atom stereocenters. The molecule has 5 rings (SSSR count). The van der Waals surface area contributed by atoms with E-state index in [0.29, 0.717) is 39.9 Å². The van der Waals surface area contributed by atoms with Crippen molar-refractivity contribution in [1.82, 2.24) is 5.32 Å². The van der Waals surface area contributed by atoms with Gasteiger partial charge >= 0.3 is 0 Å². The molecule has 1 aliphatic rings. The van der Waals surface area contributed by atoms with Gasteiger partial charge in [0.15, 0.2) is 11.5 Å².